The topological polar surface area (TPSA) is 54.5 Å². The van der Waals surface area contributed by atoms with E-state index < -0.39 is 0 Å². The number of hydrogen-bond donors (Lipinski definition) is 1. The Balaban J connectivity index is 2.31. The average Bonchev–Trinajstić information content (AvgIpc) is 2.71. The Labute approximate surface area is 82.4 Å². The van der Waals surface area contributed by atoms with Crippen molar-refractivity contribution < 1.29 is 0 Å². The molecule has 0 radical (unpaired) electrons. The highest BCUT2D eigenvalue weighted by molar-refractivity contribution is 5.58. The summed E-state index contributed by atoms with van der Waals surface area (Å²) in [5.41, 5.74) is 2.00. The van der Waals surface area contributed by atoms with Gasteiger partial charge in [-0.3, -0.25) is 5.10 Å². The van der Waals surface area contributed by atoms with E-state index in [2.05, 4.69) is 34.0 Å². The molecule has 0 aromatic carbocycles. The number of hydrogen-bond acceptors (Lipinski definition) is 3. The summed E-state index contributed by atoms with van der Waals surface area (Å²) >= 11 is 0. The summed E-state index contributed by atoms with van der Waals surface area (Å²) in [6.07, 6.45) is 7.24. The molecule has 4 heteroatoms. The van der Waals surface area contributed by atoms with E-state index in [0.29, 0.717) is 5.92 Å². The third-order valence-electron chi connectivity index (χ3n) is 2.02. The number of nitrogens with zero attached hydrogens (tertiary/aromatic N) is 3. The third-order valence-corrected chi connectivity index (χ3v) is 2.02. The Bertz CT molecular complexity index is 389. The van der Waals surface area contributed by atoms with Crippen LogP contribution in [0, 0.1) is 0 Å². The zero-order chi connectivity index (χ0) is 9.97. The van der Waals surface area contributed by atoms with Crippen LogP contribution in [0.3, 0.4) is 0 Å². The summed E-state index contributed by atoms with van der Waals surface area (Å²) in [4.78, 5) is 8.56. The van der Waals surface area contributed by atoms with Gasteiger partial charge in [0.15, 0.2) is 0 Å². The van der Waals surface area contributed by atoms with E-state index in [4.69, 9.17) is 0 Å². The summed E-state index contributed by atoms with van der Waals surface area (Å²) in [5, 5.41) is 6.64. The summed E-state index contributed by atoms with van der Waals surface area (Å²) in [7, 11) is 0. The molecule has 2 aromatic rings. The van der Waals surface area contributed by atoms with Crippen molar-refractivity contribution in [1.82, 2.24) is 20.2 Å². The number of H-pyrrole nitrogens is 1. The van der Waals surface area contributed by atoms with Crippen molar-refractivity contribution in [3.8, 4) is 11.1 Å². The molecule has 0 aliphatic rings. The summed E-state index contributed by atoms with van der Waals surface area (Å²) in [6, 6.07) is 0. The van der Waals surface area contributed by atoms with Crippen LogP contribution in [-0.4, -0.2) is 20.2 Å². The van der Waals surface area contributed by atoms with Crippen molar-refractivity contribution in [3.05, 3.63) is 30.6 Å². The lowest BCUT2D eigenvalue weighted by Gasteiger charge is -2.02. The smallest absolute Gasteiger partial charge is 0.130 e. The molecule has 1 N–H and O–H groups in total. The van der Waals surface area contributed by atoms with E-state index in [1.807, 2.05) is 18.6 Å². The fourth-order valence-electron chi connectivity index (χ4n) is 1.19. The second-order valence-corrected chi connectivity index (χ2v) is 3.47. The number of nitrogens with one attached hydrogen (secondary N) is 1. The molecule has 0 amide bonds. The van der Waals surface area contributed by atoms with Crippen LogP contribution in [0.15, 0.2) is 24.8 Å². The van der Waals surface area contributed by atoms with Gasteiger partial charge in [0.1, 0.15) is 5.82 Å². The Morgan fingerprint density at radius 3 is 2.29 bits per heavy atom. The van der Waals surface area contributed by atoms with Gasteiger partial charge in [0.25, 0.3) is 0 Å². The zero-order valence-corrected chi connectivity index (χ0v) is 8.23. The predicted octanol–water partition coefficient (Wildman–Crippen LogP) is 1.99. The fourth-order valence-corrected chi connectivity index (χ4v) is 1.19. The Morgan fingerprint density at radius 2 is 1.79 bits per heavy atom. The molecule has 0 unspecified atom stereocenters. The molecule has 0 aliphatic heterocycles. The number of rotatable bonds is 2. The van der Waals surface area contributed by atoms with Crippen LogP contribution in [0.5, 0.6) is 0 Å². The average molecular weight is 188 g/mol. The lowest BCUT2D eigenvalue weighted by Crippen LogP contribution is -1.96. The Hall–Kier alpha value is -1.71. The number of aromatic amines is 1. The van der Waals surface area contributed by atoms with Crippen molar-refractivity contribution in [2.45, 2.75) is 19.8 Å². The molecule has 72 valence electrons. The SMILES string of the molecule is CC(C)c1ncc(-c2cn[nH]c2)cn1. The van der Waals surface area contributed by atoms with Crippen LogP contribution in [0.4, 0.5) is 0 Å². The van der Waals surface area contributed by atoms with Gasteiger partial charge in [0, 0.05) is 35.6 Å². The van der Waals surface area contributed by atoms with Crippen molar-refractivity contribution in [2.75, 3.05) is 0 Å². The molecule has 2 aromatic heterocycles. The maximum atomic E-state index is 4.28. The minimum absolute atomic E-state index is 0.369. The van der Waals surface area contributed by atoms with E-state index in [-0.39, 0.29) is 0 Å². The first kappa shape index (κ1) is 8.87. The summed E-state index contributed by atoms with van der Waals surface area (Å²) in [5.74, 6) is 1.24. The van der Waals surface area contributed by atoms with Gasteiger partial charge < -0.3 is 0 Å². The van der Waals surface area contributed by atoms with Crippen molar-refractivity contribution >= 4 is 0 Å². The predicted molar refractivity (Wildman–Crippen MR) is 53.7 cm³/mol. The molecule has 14 heavy (non-hydrogen) atoms. The van der Waals surface area contributed by atoms with Crippen LogP contribution in [0.1, 0.15) is 25.6 Å². The highest BCUT2D eigenvalue weighted by Gasteiger charge is 2.03. The van der Waals surface area contributed by atoms with E-state index >= 15 is 0 Å². The highest BCUT2D eigenvalue weighted by Crippen LogP contribution is 2.16. The first-order valence-corrected chi connectivity index (χ1v) is 4.58. The maximum Gasteiger partial charge on any atom is 0.130 e. The molecule has 4 nitrogen and oxygen atoms in total. The standard InChI is InChI=1S/C10H12N4/c1-7(2)10-11-3-8(4-12-10)9-5-13-14-6-9/h3-7H,1-2H3,(H,13,14). The molecule has 2 rings (SSSR count). The first-order valence-electron chi connectivity index (χ1n) is 4.58. The van der Waals surface area contributed by atoms with Crippen molar-refractivity contribution in [1.29, 1.82) is 0 Å². The minimum atomic E-state index is 0.369. The maximum absolute atomic E-state index is 4.28. The fraction of sp³-hybridized carbons (Fsp3) is 0.300. The largest absolute Gasteiger partial charge is 0.285 e. The first-order chi connectivity index (χ1) is 6.77. The molecule has 0 aliphatic carbocycles. The molecule has 0 saturated carbocycles. The van der Waals surface area contributed by atoms with E-state index in [1.165, 1.54) is 0 Å². The second-order valence-electron chi connectivity index (χ2n) is 3.47. The van der Waals surface area contributed by atoms with Crippen LogP contribution in [0.2, 0.25) is 0 Å². The van der Waals surface area contributed by atoms with Crippen molar-refractivity contribution in [2.24, 2.45) is 0 Å². The molecule has 0 atom stereocenters. The van der Waals surface area contributed by atoms with Gasteiger partial charge in [-0.2, -0.15) is 5.10 Å². The molecule has 0 bridgehead atoms. The highest BCUT2D eigenvalue weighted by atomic mass is 15.1. The molecule has 0 fully saturated rings. The van der Waals surface area contributed by atoms with Crippen LogP contribution in [0.25, 0.3) is 11.1 Å². The molecule has 0 saturated heterocycles. The quantitative estimate of drug-likeness (QED) is 0.784. The van der Waals surface area contributed by atoms with Crippen LogP contribution in [-0.2, 0) is 0 Å². The molecular formula is C10H12N4. The third kappa shape index (κ3) is 1.64. The Morgan fingerprint density at radius 1 is 1.07 bits per heavy atom. The summed E-state index contributed by atoms with van der Waals surface area (Å²) in [6.45, 7) is 4.15. The van der Waals surface area contributed by atoms with Crippen LogP contribution >= 0.6 is 0 Å². The van der Waals surface area contributed by atoms with Gasteiger partial charge in [0.2, 0.25) is 0 Å². The van der Waals surface area contributed by atoms with E-state index in [0.717, 1.165) is 17.0 Å². The van der Waals surface area contributed by atoms with Gasteiger partial charge in [-0.25, -0.2) is 9.97 Å². The van der Waals surface area contributed by atoms with Gasteiger partial charge in [0.05, 0.1) is 6.20 Å². The lowest BCUT2D eigenvalue weighted by atomic mass is 10.2. The normalized spacial score (nSPS) is 10.8. The van der Waals surface area contributed by atoms with E-state index in [1.54, 1.807) is 6.20 Å². The molecule has 0 spiro atoms. The van der Waals surface area contributed by atoms with Crippen molar-refractivity contribution in [3.63, 3.8) is 0 Å². The monoisotopic (exact) mass is 188 g/mol. The second kappa shape index (κ2) is 3.57. The van der Waals surface area contributed by atoms with Gasteiger partial charge in [-0.15, -0.1) is 0 Å². The van der Waals surface area contributed by atoms with Gasteiger partial charge in [-0.05, 0) is 0 Å². The minimum Gasteiger partial charge on any atom is -0.285 e. The molecular weight excluding hydrogens is 176 g/mol. The summed E-state index contributed by atoms with van der Waals surface area (Å²) < 4.78 is 0. The zero-order valence-electron chi connectivity index (χ0n) is 8.23. The van der Waals surface area contributed by atoms with Crippen LogP contribution < -0.4 is 0 Å². The number of aromatic nitrogens is 4. The van der Waals surface area contributed by atoms with Gasteiger partial charge >= 0.3 is 0 Å². The van der Waals surface area contributed by atoms with Gasteiger partial charge in [-0.1, -0.05) is 13.8 Å². The van der Waals surface area contributed by atoms with E-state index in [9.17, 15) is 0 Å². The lowest BCUT2D eigenvalue weighted by molar-refractivity contribution is 0.775. The molecule has 2 heterocycles. The Kier molecular flexibility index (Phi) is 2.26.